The molecule has 0 heterocycles. The summed E-state index contributed by atoms with van der Waals surface area (Å²) in [6.07, 6.45) is 33.4. The predicted molar refractivity (Wildman–Crippen MR) is 224 cm³/mol. The quantitative estimate of drug-likeness (QED) is 0.0410. The second-order valence-electron chi connectivity index (χ2n) is 12.3. The SMILES string of the molecule is CCC=CCC=CCC=CCC=CCC=CCC=CCCC(=O)NCCSSCCNCC(C)(C)Oc1ccc(C(=O)c2ccc(Cl)cc2)cc1. The maximum Gasteiger partial charge on any atom is 0.220 e. The van der Waals surface area contributed by atoms with Crippen molar-refractivity contribution < 1.29 is 14.3 Å². The van der Waals surface area contributed by atoms with Gasteiger partial charge in [0.25, 0.3) is 0 Å². The highest BCUT2D eigenvalue weighted by atomic mass is 35.5. The minimum Gasteiger partial charge on any atom is -0.487 e. The normalized spacial score (nSPS) is 12.5. The molecule has 0 unspecified atom stereocenters. The Morgan fingerprint density at radius 2 is 1.16 bits per heavy atom. The van der Waals surface area contributed by atoms with E-state index < -0.39 is 5.60 Å². The van der Waals surface area contributed by atoms with Gasteiger partial charge in [-0.2, -0.15) is 0 Å². The molecule has 2 rings (SSSR count). The molecule has 0 atom stereocenters. The Morgan fingerprint density at radius 3 is 1.69 bits per heavy atom. The summed E-state index contributed by atoms with van der Waals surface area (Å²) in [6, 6.07) is 14.2. The number of ether oxygens (including phenoxy) is 1. The van der Waals surface area contributed by atoms with Gasteiger partial charge in [-0.05, 0) is 107 Å². The first-order valence-electron chi connectivity index (χ1n) is 18.0. The van der Waals surface area contributed by atoms with Crippen LogP contribution in [-0.4, -0.2) is 48.4 Å². The van der Waals surface area contributed by atoms with Crippen LogP contribution in [0.2, 0.25) is 5.02 Å². The molecule has 0 bridgehead atoms. The lowest BCUT2D eigenvalue weighted by molar-refractivity contribution is -0.120. The molecule has 0 aliphatic carbocycles. The Labute approximate surface area is 320 Å². The number of halogens is 1. The first-order chi connectivity index (χ1) is 24.8. The van der Waals surface area contributed by atoms with Gasteiger partial charge in [-0.3, -0.25) is 9.59 Å². The number of benzene rings is 2. The molecule has 8 heteroatoms. The predicted octanol–water partition coefficient (Wildman–Crippen LogP) is 11.3. The molecule has 0 aliphatic heterocycles. The summed E-state index contributed by atoms with van der Waals surface area (Å²) in [5.41, 5.74) is 0.802. The Hall–Kier alpha value is -3.23. The lowest BCUT2D eigenvalue weighted by Gasteiger charge is -2.27. The molecular formula is C43H57ClN2O3S2. The van der Waals surface area contributed by atoms with Crippen LogP contribution in [0.4, 0.5) is 0 Å². The molecule has 2 aromatic carbocycles. The van der Waals surface area contributed by atoms with E-state index in [1.54, 1.807) is 58.0 Å². The fraction of sp³-hybridized carbons (Fsp3) is 0.395. The van der Waals surface area contributed by atoms with Crippen LogP contribution in [0.15, 0.2) is 121 Å². The van der Waals surface area contributed by atoms with E-state index in [2.05, 4.69) is 90.5 Å². The van der Waals surface area contributed by atoms with Crippen molar-refractivity contribution in [2.45, 2.75) is 77.7 Å². The van der Waals surface area contributed by atoms with E-state index in [1.165, 1.54) is 0 Å². The van der Waals surface area contributed by atoms with Crippen LogP contribution in [0.1, 0.15) is 88.1 Å². The Morgan fingerprint density at radius 1 is 0.686 bits per heavy atom. The van der Waals surface area contributed by atoms with Crippen molar-refractivity contribution in [2.75, 3.05) is 31.1 Å². The summed E-state index contributed by atoms with van der Waals surface area (Å²) in [4.78, 5) is 24.8. The average Bonchev–Trinajstić information content (AvgIpc) is 3.12. The molecule has 51 heavy (non-hydrogen) atoms. The second-order valence-corrected chi connectivity index (χ2v) is 15.5. The molecule has 0 aromatic heterocycles. The van der Waals surface area contributed by atoms with Crippen LogP contribution in [0.25, 0.3) is 0 Å². The van der Waals surface area contributed by atoms with Crippen molar-refractivity contribution in [3.05, 3.63) is 138 Å². The Kier molecular flexibility index (Phi) is 24.4. The third-order valence-corrected chi connectivity index (χ3v) is 9.92. The molecular weight excluding hydrogens is 692 g/mol. The first-order valence-corrected chi connectivity index (χ1v) is 20.9. The molecule has 0 saturated heterocycles. The second kappa shape index (κ2) is 28.4. The van der Waals surface area contributed by atoms with Crippen molar-refractivity contribution >= 4 is 44.9 Å². The van der Waals surface area contributed by atoms with Gasteiger partial charge in [0.15, 0.2) is 5.78 Å². The Balaban J connectivity index is 1.42. The highest BCUT2D eigenvalue weighted by molar-refractivity contribution is 8.76. The van der Waals surface area contributed by atoms with Crippen LogP contribution in [0, 0.1) is 0 Å². The summed E-state index contributed by atoms with van der Waals surface area (Å²) in [5, 5.41) is 7.08. The van der Waals surface area contributed by atoms with Crippen LogP contribution in [0.3, 0.4) is 0 Å². The van der Waals surface area contributed by atoms with E-state index in [9.17, 15) is 9.59 Å². The summed E-state index contributed by atoms with van der Waals surface area (Å²) >= 11 is 5.93. The lowest BCUT2D eigenvalue weighted by atomic mass is 10.0. The van der Waals surface area contributed by atoms with Gasteiger partial charge < -0.3 is 15.4 Å². The zero-order valence-corrected chi connectivity index (χ0v) is 33.0. The topological polar surface area (TPSA) is 67.4 Å². The summed E-state index contributed by atoms with van der Waals surface area (Å²) in [6.45, 7) is 8.46. The van der Waals surface area contributed by atoms with Crippen LogP contribution in [0.5, 0.6) is 5.75 Å². The fourth-order valence-electron chi connectivity index (χ4n) is 4.59. The lowest BCUT2D eigenvalue weighted by Crippen LogP contribution is -2.41. The molecule has 1 amide bonds. The third kappa shape index (κ3) is 23.1. The van der Waals surface area contributed by atoms with Gasteiger partial charge in [-0.1, -0.05) is 113 Å². The summed E-state index contributed by atoms with van der Waals surface area (Å²) in [5.74, 6) is 2.61. The monoisotopic (exact) mass is 748 g/mol. The number of amides is 1. The minimum atomic E-state index is -0.408. The smallest absolute Gasteiger partial charge is 0.220 e. The van der Waals surface area contributed by atoms with Crippen molar-refractivity contribution in [1.82, 2.24) is 10.6 Å². The maximum atomic E-state index is 12.7. The minimum absolute atomic E-state index is 0.0475. The highest BCUT2D eigenvalue weighted by Gasteiger charge is 2.19. The molecule has 0 aliphatic rings. The number of ketones is 1. The molecule has 2 aromatic rings. The number of hydrogen-bond donors (Lipinski definition) is 2. The van der Waals surface area contributed by atoms with Gasteiger partial charge in [-0.15, -0.1) is 0 Å². The third-order valence-electron chi connectivity index (χ3n) is 7.26. The zero-order chi connectivity index (χ0) is 36.8. The van der Waals surface area contributed by atoms with E-state index in [4.69, 9.17) is 16.3 Å². The number of carbonyl (C=O) groups excluding carboxylic acids is 2. The van der Waals surface area contributed by atoms with Crippen molar-refractivity contribution in [3.8, 4) is 5.75 Å². The van der Waals surface area contributed by atoms with Crippen molar-refractivity contribution in [2.24, 2.45) is 0 Å². The number of carbonyl (C=O) groups is 2. The van der Waals surface area contributed by atoms with Crippen molar-refractivity contribution in [3.63, 3.8) is 0 Å². The van der Waals surface area contributed by atoms with Crippen LogP contribution < -0.4 is 15.4 Å². The summed E-state index contributed by atoms with van der Waals surface area (Å²) < 4.78 is 6.17. The average molecular weight is 750 g/mol. The summed E-state index contributed by atoms with van der Waals surface area (Å²) in [7, 11) is 3.57. The van der Waals surface area contributed by atoms with Crippen molar-refractivity contribution in [1.29, 1.82) is 0 Å². The highest BCUT2D eigenvalue weighted by Crippen LogP contribution is 2.22. The standard InChI is InChI=1S/C43H57ClN2O3S2/c1-4-5-6-7-8-9-10-11-12-13-14-15-16-17-18-19-20-21-22-23-41(47)46-33-35-51-50-34-32-45-36-43(2,3)49-40-30-26-38(27-31-40)42(48)37-24-28-39(44)29-25-37/h5-6,8-9,11-12,14-15,17-18,20-21,24-31,45H,4,7,10,13,16,19,22-23,32-36H2,1-3H3,(H,46,47). The van der Waals surface area contributed by atoms with Crippen LogP contribution >= 0.6 is 33.2 Å². The van der Waals surface area contributed by atoms with Gasteiger partial charge in [0, 0.05) is 53.7 Å². The van der Waals surface area contributed by atoms with Gasteiger partial charge in [0.05, 0.1) is 0 Å². The molecule has 2 N–H and O–H groups in total. The van der Waals surface area contributed by atoms with Gasteiger partial charge in [-0.25, -0.2) is 0 Å². The van der Waals surface area contributed by atoms with E-state index in [0.29, 0.717) is 35.7 Å². The fourth-order valence-corrected chi connectivity index (χ4v) is 6.57. The Bertz CT molecular complexity index is 1430. The maximum absolute atomic E-state index is 12.7. The van der Waals surface area contributed by atoms with E-state index in [1.807, 2.05) is 26.0 Å². The number of nitrogens with one attached hydrogen (secondary N) is 2. The molecule has 0 spiro atoms. The first kappa shape index (κ1) is 43.9. The number of hydrogen-bond acceptors (Lipinski definition) is 6. The van der Waals surface area contributed by atoms with Crippen LogP contribution in [-0.2, 0) is 4.79 Å². The van der Waals surface area contributed by atoms with E-state index >= 15 is 0 Å². The number of rotatable bonds is 27. The van der Waals surface area contributed by atoms with Gasteiger partial charge in [0.1, 0.15) is 11.4 Å². The largest absolute Gasteiger partial charge is 0.487 e. The zero-order valence-electron chi connectivity index (χ0n) is 30.7. The molecule has 0 fully saturated rings. The molecule has 0 saturated carbocycles. The molecule has 276 valence electrons. The van der Waals surface area contributed by atoms with Gasteiger partial charge >= 0.3 is 0 Å². The van der Waals surface area contributed by atoms with E-state index in [-0.39, 0.29) is 11.7 Å². The molecule has 0 radical (unpaired) electrons. The van der Waals surface area contributed by atoms with E-state index in [0.717, 1.165) is 68.7 Å². The molecule has 5 nitrogen and oxygen atoms in total. The number of allylic oxidation sites excluding steroid dienone is 12. The van der Waals surface area contributed by atoms with Gasteiger partial charge in [0.2, 0.25) is 5.91 Å².